The van der Waals surface area contributed by atoms with E-state index >= 15 is 0 Å². The molecule has 1 fully saturated rings. The molecule has 2 atom stereocenters. The second kappa shape index (κ2) is 8.21. The first-order valence-corrected chi connectivity index (χ1v) is 9.59. The van der Waals surface area contributed by atoms with Crippen molar-refractivity contribution in [3.8, 4) is 0 Å². The van der Waals surface area contributed by atoms with Crippen LogP contribution in [-0.4, -0.2) is 29.3 Å². The number of amides is 4. The maximum Gasteiger partial charge on any atom is 0.325 e. The van der Waals surface area contributed by atoms with Crippen LogP contribution in [0.2, 0.25) is 5.02 Å². The number of benzene rings is 2. The average Bonchev–Trinajstić information content (AvgIpc) is 2.94. The highest BCUT2D eigenvalue weighted by Crippen LogP contribution is 2.33. The fourth-order valence-corrected chi connectivity index (χ4v) is 3.54. The van der Waals surface area contributed by atoms with E-state index in [-0.39, 0.29) is 5.82 Å². The smallest absolute Gasteiger partial charge is 0.325 e. The normalized spacial score (nSPS) is 19.8. The average molecular weight is 418 g/mol. The lowest BCUT2D eigenvalue weighted by atomic mass is 9.87. The van der Waals surface area contributed by atoms with Crippen molar-refractivity contribution in [2.24, 2.45) is 0 Å². The van der Waals surface area contributed by atoms with Crippen molar-refractivity contribution in [3.05, 3.63) is 70.5 Å². The van der Waals surface area contributed by atoms with Crippen LogP contribution in [0.3, 0.4) is 0 Å². The quantitative estimate of drug-likeness (QED) is 0.706. The number of rotatable bonds is 6. The van der Waals surface area contributed by atoms with Crippen LogP contribution in [0, 0.1) is 5.82 Å². The van der Waals surface area contributed by atoms with E-state index in [4.69, 9.17) is 11.6 Å². The number of hydrogen-bond donors (Lipinski definition) is 2. The molecular formula is C21H21ClFN3O3. The fraction of sp³-hybridized carbons (Fsp3) is 0.286. The predicted octanol–water partition coefficient (Wildman–Crippen LogP) is 3.51. The van der Waals surface area contributed by atoms with Crippen molar-refractivity contribution in [3.63, 3.8) is 0 Å². The van der Waals surface area contributed by atoms with Crippen LogP contribution in [0.4, 0.5) is 9.18 Å². The lowest BCUT2D eigenvalue weighted by molar-refractivity contribution is -0.135. The molecule has 2 aromatic rings. The van der Waals surface area contributed by atoms with Crippen LogP contribution in [0.5, 0.6) is 0 Å². The first kappa shape index (κ1) is 20.8. The van der Waals surface area contributed by atoms with Crippen molar-refractivity contribution in [2.75, 3.05) is 6.54 Å². The summed E-state index contributed by atoms with van der Waals surface area (Å²) in [5, 5.41) is 5.96. The predicted molar refractivity (Wildman–Crippen MR) is 107 cm³/mol. The number of nitrogens with one attached hydrogen (secondary N) is 2. The molecule has 4 amide bonds. The zero-order valence-electron chi connectivity index (χ0n) is 16.0. The van der Waals surface area contributed by atoms with E-state index in [2.05, 4.69) is 10.6 Å². The Hall–Kier alpha value is -2.93. The Morgan fingerprint density at radius 2 is 1.79 bits per heavy atom. The van der Waals surface area contributed by atoms with Crippen molar-refractivity contribution in [2.45, 2.75) is 31.8 Å². The third-order valence-corrected chi connectivity index (χ3v) is 5.34. The molecule has 2 aromatic carbocycles. The second-order valence-corrected chi connectivity index (χ2v) is 7.36. The molecule has 2 N–H and O–H groups in total. The van der Waals surface area contributed by atoms with Crippen LogP contribution in [0.1, 0.15) is 37.4 Å². The Kier molecular flexibility index (Phi) is 5.88. The maximum absolute atomic E-state index is 13.1. The van der Waals surface area contributed by atoms with E-state index in [1.165, 1.54) is 12.1 Å². The molecular weight excluding hydrogens is 397 g/mol. The Morgan fingerprint density at radius 1 is 1.17 bits per heavy atom. The number of carbonyl (C=O) groups is 3. The molecule has 0 unspecified atom stereocenters. The van der Waals surface area contributed by atoms with Crippen LogP contribution in [0.15, 0.2) is 48.5 Å². The number of nitrogens with zero attached hydrogens (tertiary/aromatic N) is 1. The summed E-state index contributed by atoms with van der Waals surface area (Å²) in [6, 6.07) is 11.4. The van der Waals surface area contributed by atoms with Crippen LogP contribution in [-0.2, 0) is 15.1 Å². The first-order chi connectivity index (χ1) is 13.8. The summed E-state index contributed by atoms with van der Waals surface area (Å²) < 4.78 is 13.1. The summed E-state index contributed by atoms with van der Waals surface area (Å²) in [4.78, 5) is 38.9. The van der Waals surface area contributed by atoms with E-state index in [0.717, 1.165) is 4.90 Å². The monoisotopic (exact) mass is 417 g/mol. The van der Waals surface area contributed by atoms with E-state index in [0.29, 0.717) is 22.6 Å². The van der Waals surface area contributed by atoms with Gasteiger partial charge in [0.25, 0.3) is 5.91 Å². The Bertz CT molecular complexity index is 933. The van der Waals surface area contributed by atoms with Gasteiger partial charge in [-0.05, 0) is 48.7 Å². The minimum Gasteiger partial charge on any atom is -0.348 e. The molecule has 152 valence electrons. The van der Waals surface area contributed by atoms with Crippen molar-refractivity contribution in [1.29, 1.82) is 0 Å². The van der Waals surface area contributed by atoms with Gasteiger partial charge in [0.15, 0.2) is 0 Å². The molecule has 0 bridgehead atoms. The summed E-state index contributed by atoms with van der Waals surface area (Å²) >= 11 is 5.92. The van der Waals surface area contributed by atoms with Gasteiger partial charge in [-0.1, -0.05) is 42.8 Å². The minimum atomic E-state index is -1.23. The highest BCUT2D eigenvalue weighted by atomic mass is 35.5. The standard InChI is InChI=1S/C21H21ClFN3O3/c1-3-21(15-6-8-16(22)9-7-15)19(28)26(20(29)25-21)12-18(27)24-13(2)14-4-10-17(23)11-5-14/h4-11,13H,3,12H2,1-2H3,(H,24,27)(H,25,29)/t13-,21-/m1/s1. The summed E-state index contributed by atoms with van der Waals surface area (Å²) in [6.45, 7) is 3.11. The SMILES string of the molecule is CC[C@]1(c2ccc(Cl)cc2)NC(=O)N(CC(=O)N[C@H](C)c2ccc(F)cc2)C1=O. The fourth-order valence-electron chi connectivity index (χ4n) is 3.41. The molecule has 8 heteroatoms. The summed E-state index contributed by atoms with van der Waals surface area (Å²) in [5.74, 6) is -1.35. The van der Waals surface area contributed by atoms with Crippen LogP contribution in [0.25, 0.3) is 0 Å². The number of hydrogen-bond acceptors (Lipinski definition) is 3. The van der Waals surface area contributed by atoms with Gasteiger partial charge in [0.2, 0.25) is 5.91 Å². The molecule has 0 aromatic heterocycles. The van der Waals surface area contributed by atoms with Gasteiger partial charge >= 0.3 is 6.03 Å². The zero-order valence-corrected chi connectivity index (χ0v) is 16.8. The van der Waals surface area contributed by atoms with Crippen molar-refractivity contribution < 1.29 is 18.8 Å². The van der Waals surface area contributed by atoms with E-state index in [1.807, 2.05) is 0 Å². The van der Waals surface area contributed by atoms with Gasteiger partial charge in [-0.3, -0.25) is 14.5 Å². The number of urea groups is 1. The van der Waals surface area contributed by atoms with Crippen molar-refractivity contribution in [1.82, 2.24) is 15.5 Å². The topological polar surface area (TPSA) is 78.5 Å². The summed E-state index contributed by atoms with van der Waals surface area (Å²) in [6.07, 6.45) is 0.323. The number of imide groups is 1. The molecule has 0 saturated carbocycles. The molecule has 1 saturated heterocycles. The molecule has 0 spiro atoms. The minimum absolute atomic E-state index is 0.323. The van der Waals surface area contributed by atoms with Gasteiger partial charge in [-0.25, -0.2) is 9.18 Å². The molecule has 1 aliphatic rings. The Morgan fingerprint density at radius 3 is 2.38 bits per heavy atom. The van der Waals surface area contributed by atoms with Crippen molar-refractivity contribution >= 4 is 29.4 Å². The summed E-state index contributed by atoms with van der Waals surface area (Å²) in [7, 11) is 0. The van der Waals surface area contributed by atoms with Crippen LogP contribution < -0.4 is 10.6 Å². The van der Waals surface area contributed by atoms with Gasteiger partial charge in [0.05, 0.1) is 6.04 Å². The van der Waals surface area contributed by atoms with Gasteiger partial charge in [0, 0.05) is 5.02 Å². The Labute approximate surface area is 173 Å². The molecule has 6 nitrogen and oxygen atoms in total. The third-order valence-electron chi connectivity index (χ3n) is 5.09. The van der Waals surface area contributed by atoms with Gasteiger partial charge in [-0.2, -0.15) is 0 Å². The third kappa shape index (κ3) is 4.10. The van der Waals surface area contributed by atoms with E-state index in [9.17, 15) is 18.8 Å². The zero-order chi connectivity index (χ0) is 21.2. The lowest BCUT2D eigenvalue weighted by Crippen LogP contribution is -2.45. The van der Waals surface area contributed by atoms with Gasteiger partial charge in [0.1, 0.15) is 17.9 Å². The second-order valence-electron chi connectivity index (χ2n) is 6.93. The maximum atomic E-state index is 13.1. The molecule has 0 radical (unpaired) electrons. The first-order valence-electron chi connectivity index (χ1n) is 9.22. The molecule has 3 rings (SSSR count). The van der Waals surface area contributed by atoms with Gasteiger partial charge < -0.3 is 10.6 Å². The molecule has 1 aliphatic heterocycles. The molecule has 29 heavy (non-hydrogen) atoms. The Balaban J connectivity index is 1.73. The summed E-state index contributed by atoms with van der Waals surface area (Å²) in [5.41, 5.74) is 0.0798. The number of carbonyl (C=O) groups excluding carboxylic acids is 3. The largest absolute Gasteiger partial charge is 0.348 e. The molecule has 0 aliphatic carbocycles. The highest BCUT2D eigenvalue weighted by molar-refractivity contribution is 6.30. The lowest BCUT2D eigenvalue weighted by Gasteiger charge is -2.26. The van der Waals surface area contributed by atoms with Gasteiger partial charge in [-0.15, -0.1) is 0 Å². The van der Waals surface area contributed by atoms with E-state index < -0.39 is 36.0 Å². The van der Waals surface area contributed by atoms with E-state index in [1.54, 1.807) is 50.2 Å². The highest BCUT2D eigenvalue weighted by Gasteiger charge is 2.51. The number of halogens is 2. The van der Waals surface area contributed by atoms with Crippen LogP contribution >= 0.6 is 11.6 Å². The molecule has 1 heterocycles.